The monoisotopic (exact) mass is 387 g/mol. The Morgan fingerprint density at radius 3 is 2.62 bits per heavy atom. The van der Waals surface area contributed by atoms with Gasteiger partial charge in [-0.15, -0.1) is 36.2 Å². The molecule has 0 spiro atoms. The van der Waals surface area contributed by atoms with E-state index in [0.717, 1.165) is 43.1 Å². The number of benzene rings is 1. The highest BCUT2D eigenvalue weighted by Gasteiger charge is 2.16. The van der Waals surface area contributed by atoms with Gasteiger partial charge in [0.1, 0.15) is 0 Å². The molecule has 1 aromatic carbocycles. The molecule has 0 bridgehead atoms. The van der Waals surface area contributed by atoms with Crippen molar-refractivity contribution in [2.75, 3.05) is 13.1 Å². The van der Waals surface area contributed by atoms with Gasteiger partial charge in [-0.25, -0.2) is 4.98 Å². The zero-order valence-electron chi connectivity index (χ0n) is 13.4. The maximum absolute atomic E-state index is 12.1. The summed E-state index contributed by atoms with van der Waals surface area (Å²) in [6.07, 6.45) is 3.25. The number of piperidine rings is 1. The highest BCUT2D eigenvalue weighted by molar-refractivity contribution is 7.09. The molecule has 2 aromatic rings. The average molecular weight is 388 g/mol. The van der Waals surface area contributed by atoms with E-state index in [1.54, 1.807) is 11.3 Å². The third-order valence-electron chi connectivity index (χ3n) is 3.84. The number of nitrogens with one attached hydrogen (secondary N) is 2. The van der Waals surface area contributed by atoms with Crippen molar-refractivity contribution in [1.82, 2.24) is 15.6 Å². The lowest BCUT2D eigenvalue weighted by Gasteiger charge is -2.23. The molecule has 7 heteroatoms. The molecule has 0 unspecified atom stereocenters. The fraction of sp³-hybridized carbons (Fsp3) is 0.412. The van der Waals surface area contributed by atoms with E-state index >= 15 is 0 Å². The lowest BCUT2D eigenvalue weighted by atomic mass is 10.1. The van der Waals surface area contributed by atoms with Crippen molar-refractivity contribution in [2.45, 2.75) is 31.7 Å². The van der Waals surface area contributed by atoms with Crippen LogP contribution in [0.1, 0.15) is 29.1 Å². The van der Waals surface area contributed by atoms with Gasteiger partial charge in [-0.1, -0.05) is 30.3 Å². The molecular formula is C17H23Cl2N3OS. The van der Waals surface area contributed by atoms with Crippen LogP contribution in [0.15, 0.2) is 35.7 Å². The van der Waals surface area contributed by atoms with Crippen LogP contribution in [0.25, 0.3) is 0 Å². The van der Waals surface area contributed by atoms with Crippen molar-refractivity contribution in [2.24, 2.45) is 0 Å². The Kier molecular flexibility index (Phi) is 9.29. The van der Waals surface area contributed by atoms with Gasteiger partial charge in [0.25, 0.3) is 0 Å². The number of halogens is 2. The molecule has 132 valence electrons. The lowest BCUT2D eigenvalue weighted by Crippen LogP contribution is -2.43. The molecule has 1 amide bonds. The van der Waals surface area contributed by atoms with Crippen LogP contribution >= 0.6 is 36.2 Å². The summed E-state index contributed by atoms with van der Waals surface area (Å²) in [5.41, 5.74) is 2.13. The Morgan fingerprint density at radius 1 is 1.21 bits per heavy atom. The molecule has 0 atom stereocenters. The number of thiazole rings is 1. The zero-order valence-corrected chi connectivity index (χ0v) is 15.8. The average Bonchev–Trinajstić information content (AvgIpc) is 2.96. The Hall–Kier alpha value is -1.14. The van der Waals surface area contributed by atoms with Crippen LogP contribution in [0.2, 0.25) is 0 Å². The Labute approximate surface area is 159 Å². The van der Waals surface area contributed by atoms with E-state index in [4.69, 9.17) is 0 Å². The molecule has 0 saturated carbocycles. The standard InChI is InChI=1S/C17H21N3OS.2ClH/c21-16(19-14-6-8-18-9-7-14)11-15-12-22-17(20-15)10-13-4-2-1-3-5-13;;/h1-5,12,14,18H,6-11H2,(H,19,21);2*1H. The van der Waals surface area contributed by atoms with Crippen LogP contribution in [-0.2, 0) is 17.6 Å². The first kappa shape index (κ1) is 20.9. The number of hydrogen-bond donors (Lipinski definition) is 2. The number of rotatable bonds is 5. The molecular weight excluding hydrogens is 365 g/mol. The summed E-state index contributed by atoms with van der Waals surface area (Å²) in [6, 6.07) is 10.6. The van der Waals surface area contributed by atoms with Gasteiger partial charge < -0.3 is 10.6 Å². The Morgan fingerprint density at radius 2 is 1.92 bits per heavy atom. The van der Waals surface area contributed by atoms with Gasteiger partial charge in [-0.3, -0.25) is 4.79 Å². The minimum Gasteiger partial charge on any atom is -0.353 e. The highest BCUT2D eigenvalue weighted by Crippen LogP contribution is 2.15. The van der Waals surface area contributed by atoms with Gasteiger partial charge >= 0.3 is 0 Å². The molecule has 1 aliphatic heterocycles. The van der Waals surface area contributed by atoms with Crippen molar-refractivity contribution < 1.29 is 4.79 Å². The summed E-state index contributed by atoms with van der Waals surface area (Å²) in [4.78, 5) is 16.7. The third-order valence-corrected chi connectivity index (χ3v) is 4.74. The van der Waals surface area contributed by atoms with Gasteiger partial charge in [0.05, 0.1) is 17.1 Å². The third kappa shape index (κ3) is 6.40. The molecule has 2 N–H and O–H groups in total. The summed E-state index contributed by atoms with van der Waals surface area (Å²) in [7, 11) is 0. The molecule has 0 radical (unpaired) electrons. The molecule has 1 fully saturated rings. The summed E-state index contributed by atoms with van der Waals surface area (Å²) in [5, 5.41) is 9.48. The van der Waals surface area contributed by atoms with E-state index in [9.17, 15) is 4.79 Å². The van der Waals surface area contributed by atoms with Crippen LogP contribution in [-0.4, -0.2) is 30.0 Å². The SMILES string of the molecule is Cl.Cl.O=C(Cc1csc(Cc2ccccc2)n1)NC1CCNCC1. The van der Waals surface area contributed by atoms with E-state index < -0.39 is 0 Å². The first-order valence-electron chi connectivity index (χ1n) is 7.77. The Balaban J connectivity index is 0.00000144. The molecule has 24 heavy (non-hydrogen) atoms. The predicted molar refractivity (Wildman–Crippen MR) is 104 cm³/mol. The van der Waals surface area contributed by atoms with E-state index in [1.807, 2.05) is 23.6 Å². The van der Waals surface area contributed by atoms with Gasteiger partial charge in [0, 0.05) is 17.8 Å². The maximum Gasteiger partial charge on any atom is 0.226 e. The summed E-state index contributed by atoms with van der Waals surface area (Å²) in [5.74, 6) is 0.0865. The van der Waals surface area contributed by atoms with Crippen LogP contribution in [0.3, 0.4) is 0 Å². The van der Waals surface area contributed by atoms with Crippen molar-refractivity contribution >= 4 is 42.1 Å². The number of carbonyl (C=O) groups excluding carboxylic acids is 1. The first-order valence-corrected chi connectivity index (χ1v) is 8.65. The van der Waals surface area contributed by atoms with Gasteiger partial charge in [-0.05, 0) is 31.5 Å². The molecule has 1 aliphatic rings. The minimum absolute atomic E-state index is 0. The maximum atomic E-state index is 12.1. The first-order chi connectivity index (χ1) is 10.8. The number of nitrogens with zero attached hydrogens (tertiary/aromatic N) is 1. The second-order valence-corrected chi connectivity index (χ2v) is 6.61. The number of hydrogen-bond acceptors (Lipinski definition) is 4. The molecule has 3 rings (SSSR count). The van der Waals surface area contributed by atoms with Crippen molar-refractivity contribution in [1.29, 1.82) is 0 Å². The van der Waals surface area contributed by atoms with E-state index in [2.05, 4.69) is 27.8 Å². The molecule has 4 nitrogen and oxygen atoms in total. The van der Waals surface area contributed by atoms with Crippen molar-refractivity contribution in [3.05, 3.63) is 52.0 Å². The summed E-state index contributed by atoms with van der Waals surface area (Å²) in [6.45, 7) is 1.98. The van der Waals surface area contributed by atoms with Crippen LogP contribution in [0.5, 0.6) is 0 Å². The molecule has 2 heterocycles. The topological polar surface area (TPSA) is 54.0 Å². The molecule has 1 saturated heterocycles. The van der Waals surface area contributed by atoms with Crippen LogP contribution in [0.4, 0.5) is 0 Å². The summed E-state index contributed by atoms with van der Waals surface area (Å²) >= 11 is 1.63. The quantitative estimate of drug-likeness (QED) is 0.828. The smallest absolute Gasteiger partial charge is 0.226 e. The van der Waals surface area contributed by atoms with Crippen LogP contribution in [0, 0.1) is 0 Å². The van der Waals surface area contributed by atoms with Crippen LogP contribution < -0.4 is 10.6 Å². The normalized spacial score (nSPS) is 14.3. The van der Waals surface area contributed by atoms with Crippen molar-refractivity contribution in [3.63, 3.8) is 0 Å². The highest BCUT2D eigenvalue weighted by atomic mass is 35.5. The zero-order chi connectivity index (χ0) is 15.2. The fourth-order valence-electron chi connectivity index (χ4n) is 2.69. The molecule has 1 aromatic heterocycles. The number of aromatic nitrogens is 1. The lowest BCUT2D eigenvalue weighted by molar-refractivity contribution is -0.121. The Bertz CT molecular complexity index is 615. The summed E-state index contributed by atoms with van der Waals surface area (Å²) < 4.78 is 0. The fourth-order valence-corrected chi connectivity index (χ4v) is 3.52. The number of carbonyl (C=O) groups is 1. The van der Waals surface area contributed by atoms with Gasteiger partial charge in [-0.2, -0.15) is 0 Å². The van der Waals surface area contributed by atoms with E-state index in [1.165, 1.54) is 5.56 Å². The number of amides is 1. The van der Waals surface area contributed by atoms with E-state index in [-0.39, 0.29) is 30.7 Å². The van der Waals surface area contributed by atoms with E-state index in [0.29, 0.717) is 12.5 Å². The van der Waals surface area contributed by atoms with Gasteiger partial charge in [0.15, 0.2) is 0 Å². The second-order valence-electron chi connectivity index (χ2n) is 5.66. The largest absolute Gasteiger partial charge is 0.353 e. The predicted octanol–water partition coefficient (Wildman–Crippen LogP) is 2.99. The van der Waals surface area contributed by atoms with Gasteiger partial charge in [0.2, 0.25) is 5.91 Å². The minimum atomic E-state index is 0. The molecule has 0 aliphatic carbocycles. The van der Waals surface area contributed by atoms with Crippen molar-refractivity contribution in [3.8, 4) is 0 Å². The second kappa shape index (κ2) is 10.7.